The van der Waals surface area contributed by atoms with Gasteiger partial charge in [0.05, 0.1) is 18.3 Å². The van der Waals surface area contributed by atoms with Gasteiger partial charge in [0.2, 0.25) is 5.95 Å². The first-order valence-corrected chi connectivity index (χ1v) is 12.1. The van der Waals surface area contributed by atoms with Gasteiger partial charge in [-0.25, -0.2) is 14.3 Å². The Morgan fingerprint density at radius 1 is 1.20 bits per heavy atom. The average molecular weight is 472 g/mol. The molecular formula is C26H29N7O2. The van der Waals surface area contributed by atoms with Gasteiger partial charge in [0.15, 0.2) is 5.65 Å². The zero-order chi connectivity index (χ0) is 23.9. The van der Waals surface area contributed by atoms with Crippen LogP contribution in [0.5, 0.6) is 0 Å². The van der Waals surface area contributed by atoms with Crippen LogP contribution in [0.1, 0.15) is 30.0 Å². The summed E-state index contributed by atoms with van der Waals surface area (Å²) in [4.78, 5) is 24.6. The largest absolute Gasteiger partial charge is 0.395 e. The van der Waals surface area contributed by atoms with Crippen molar-refractivity contribution in [2.24, 2.45) is 0 Å². The minimum atomic E-state index is -0.0653. The Morgan fingerprint density at radius 2 is 2.09 bits per heavy atom. The van der Waals surface area contributed by atoms with E-state index >= 15 is 0 Å². The highest BCUT2D eigenvalue weighted by atomic mass is 16.3. The molecule has 1 aliphatic heterocycles. The summed E-state index contributed by atoms with van der Waals surface area (Å²) in [6.45, 7) is 2.47. The molecular weight excluding hydrogens is 442 g/mol. The smallest absolute Gasteiger partial charge is 0.278 e. The van der Waals surface area contributed by atoms with Gasteiger partial charge in [-0.15, -0.1) is 0 Å². The quantitative estimate of drug-likeness (QED) is 0.381. The second-order valence-corrected chi connectivity index (χ2v) is 9.32. The summed E-state index contributed by atoms with van der Waals surface area (Å²) < 4.78 is 3.75. The first-order chi connectivity index (χ1) is 17.1. The van der Waals surface area contributed by atoms with E-state index in [1.807, 2.05) is 51.6 Å². The maximum absolute atomic E-state index is 13.3. The first kappa shape index (κ1) is 21.8. The van der Waals surface area contributed by atoms with Crippen LogP contribution >= 0.6 is 0 Å². The molecule has 2 aromatic heterocycles. The van der Waals surface area contributed by atoms with Crippen LogP contribution in [-0.2, 0) is 13.0 Å². The minimum absolute atomic E-state index is 0.0653. The lowest BCUT2D eigenvalue weighted by molar-refractivity contribution is 0.304. The Bertz CT molecular complexity index is 1450. The Balaban J connectivity index is 1.43. The summed E-state index contributed by atoms with van der Waals surface area (Å²) in [5, 5.41) is 16.6. The van der Waals surface area contributed by atoms with Gasteiger partial charge >= 0.3 is 0 Å². The molecule has 3 heterocycles. The molecule has 2 aromatic carbocycles. The number of hydrogen-bond acceptors (Lipinski definition) is 7. The summed E-state index contributed by atoms with van der Waals surface area (Å²) in [7, 11) is 1.94. The summed E-state index contributed by atoms with van der Waals surface area (Å²) in [6, 6.07) is 14.5. The summed E-state index contributed by atoms with van der Waals surface area (Å²) in [5.41, 5.74) is 5.93. The highest BCUT2D eigenvalue weighted by Gasteiger charge is 2.31. The Hall–Kier alpha value is -3.69. The third-order valence-electron chi connectivity index (χ3n) is 6.82. The molecule has 3 N–H and O–H groups in total. The molecule has 1 aliphatic carbocycles. The third kappa shape index (κ3) is 4.06. The van der Waals surface area contributed by atoms with Crippen LogP contribution in [0.15, 0.2) is 53.5 Å². The number of aromatic nitrogens is 4. The number of hydrogen-bond donors (Lipinski definition) is 3. The van der Waals surface area contributed by atoms with Crippen molar-refractivity contribution >= 4 is 28.4 Å². The van der Waals surface area contributed by atoms with Gasteiger partial charge in [-0.1, -0.05) is 12.1 Å². The number of aliphatic hydroxyl groups is 1. The van der Waals surface area contributed by atoms with Gasteiger partial charge in [-0.3, -0.25) is 4.79 Å². The number of nitrogens with zero attached hydrogens (tertiary/aromatic N) is 5. The summed E-state index contributed by atoms with van der Waals surface area (Å²) in [5.74, 6) is 0.460. The van der Waals surface area contributed by atoms with Crippen molar-refractivity contribution in [3.63, 3.8) is 0 Å². The molecule has 0 radical (unpaired) electrons. The number of rotatable bonds is 7. The molecule has 1 saturated carbocycles. The fourth-order valence-electron chi connectivity index (χ4n) is 4.78. The van der Waals surface area contributed by atoms with E-state index in [9.17, 15) is 9.90 Å². The van der Waals surface area contributed by atoms with Gasteiger partial charge in [0, 0.05) is 37.7 Å². The van der Waals surface area contributed by atoms with Crippen LogP contribution in [0.4, 0.5) is 17.3 Å². The topological polar surface area (TPSA) is 100 Å². The van der Waals surface area contributed by atoms with E-state index < -0.39 is 0 Å². The van der Waals surface area contributed by atoms with Crippen LogP contribution in [0.3, 0.4) is 0 Å². The number of likely N-dealkylation sites (N-methyl/N-ethyl adjacent to an activating group) is 1. The number of aliphatic hydroxyl groups excluding tert-OH is 1. The summed E-state index contributed by atoms with van der Waals surface area (Å²) >= 11 is 0. The van der Waals surface area contributed by atoms with Crippen LogP contribution in [0.2, 0.25) is 0 Å². The molecule has 35 heavy (non-hydrogen) atoms. The van der Waals surface area contributed by atoms with E-state index in [1.54, 1.807) is 6.20 Å². The molecule has 0 atom stereocenters. The van der Waals surface area contributed by atoms with Crippen molar-refractivity contribution in [3.05, 3.63) is 70.1 Å². The van der Waals surface area contributed by atoms with Crippen molar-refractivity contribution in [2.75, 3.05) is 37.0 Å². The fraction of sp³-hybridized carbons (Fsp3) is 0.346. The van der Waals surface area contributed by atoms with Crippen molar-refractivity contribution < 1.29 is 5.11 Å². The lowest BCUT2D eigenvalue weighted by Crippen LogP contribution is -2.23. The van der Waals surface area contributed by atoms with Gasteiger partial charge in [-0.05, 0) is 67.3 Å². The van der Waals surface area contributed by atoms with Crippen molar-refractivity contribution in [3.8, 4) is 5.69 Å². The zero-order valence-electron chi connectivity index (χ0n) is 19.7. The molecule has 9 heteroatoms. The number of nitrogens with one attached hydrogen (secondary N) is 2. The van der Waals surface area contributed by atoms with E-state index in [1.165, 1.54) is 11.1 Å². The molecule has 180 valence electrons. The standard InChI is InChI=1S/C26H29N7O2/c1-31(11-12-34)21-3-2-4-22(14-21)32-24-23(25(35)33(32)20-7-8-20)16-28-26(30-24)29-19-6-5-18-15-27-10-9-17(18)13-19/h2-6,13-14,16,20,27,34H,7-12,15H2,1H3,(H,28,29,30). The minimum Gasteiger partial charge on any atom is -0.395 e. The van der Waals surface area contributed by atoms with E-state index in [2.05, 4.69) is 27.8 Å². The second-order valence-electron chi connectivity index (χ2n) is 9.32. The van der Waals surface area contributed by atoms with Crippen molar-refractivity contribution in [1.82, 2.24) is 24.6 Å². The predicted molar refractivity (Wildman–Crippen MR) is 137 cm³/mol. The molecule has 0 spiro atoms. The monoisotopic (exact) mass is 471 g/mol. The SMILES string of the molecule is CN(CCO)c1cccc(-n2c3nc(Nc4ccc5c(c4)CCNC5)ncc3c(=O)n2C2CC2)c1. The molecule has 2 aliphatic rings. The molecule has 0 amide bonds. The first-order valence-electron chi connectivity index (χ1n) is 12.1. The Labute approximate surface area is 203 Å². The lowest BCUT2D eigenvalue weighted by atomic mass is 10.0. The van der Waals surface area contributed by atoms with Gasteiger partial charge in [0.1, 0.15) is 5.39 Å². The van der Waals surface area contributed by atoms with Gasteiger partial charge < -0.3 is 20.6 Å². The average Bonchev–Trinajstić information content (AvgIpc) is 3.68. The number of anilines is 3. The molecule has 4 aromatic rings. The van der Waals surface area contributed by atoms with Gasteiger partial charge in [-0.2, -0.15) is 4.98 Å². The number of benzene rings is 2. The van der Waals surface area contributed by atoms with E-state index in [4.69, 9.17) is 4.98 Å². The normalized spacial score (nSPS) is 15.3. The predicted octanol–water partition coefficient (Wildman–Crippen LogP) is 2.73. The second kappa shape index (κ2) is 8.83. The highest BCUT2D eigenvalue weighted by molar-refractivity contribution is 5.78. The Kier molecular flexibility index (Phi) is 5.50. The van der Waals surface area contributed by atoms with Crippen LogP contribution < -0.4 is 21.1 Å². The van der Waals surface area contributed by atoms with E-state index in [0.29, 0.717) is 23.5 Å². The van der Waals surface area contributed by atoms with E-state index in [-0.39, 0.29) is 18.2 Å². The van der Waals surface area contributed by atoms with Crippen LogP contribution in [0.25, 0.3) is 16.7 Å². The van der Waals surface area contributed by atoms with Crippen molar-refractivity contribution in [2.45, 2.75) is 31.8 Å². The highest BCUT2D eigenvalue weighted by Crippen LogP contribution is 2.36. The summed E-state index contributed by atoms with van der Waals surface area (Å²) in [6.07, 6.45) is 4.58. The number of fused-ring (bicyclic) bond motifs is 2. The molecule has 0 bridgehead atoms. The fourth-order valence-corrected chi connectivity index (χ4v) is 4.78. The maximum atomic E-state index is 13.3. The molecule has 1 fully saturated rings. The molecule has 6 rings (SSSR count). The van der Waals surface area contributed by atoms with E-state index in [0.717, 1.165) is 49.4 Å². The van der Waals surface area contributed by atoms with Crippen LogP contribution in [-0.4, -0.2) is 51.2 Å². The zero-order valence-corrected chi connectivity index (χ0v) is 19.7. The van der Waals surface area contributed by atoms with Gasteiger partial charge in [0.25, 0.3) is 5.56 Å². The third-order valence-corrected chi connectivity index (χ3v) is 6.82. The molecule has 0 unspecified atom stereocenters. The van der Waals surface area contributed by atoms with Crippen LogP contribution in [0, 0.1) is 0 Å². The van der Waals surface area contributed by atoms with Crippen molar-refractivity contribution in [1.29, 1.82) is 0 Å². The maximum Gasteiger partial charge on any atom is 0.278 e. The molecule has 9 nitrogen and oxygen atoms in total. The Morgan fingerprint density at radius 3 is 2.91 bits per heavy atom. The molecule has 0 saturated heterocycles. The lowest BCUT2D eigenvalue weighted by Gasteiger charge is -2.20.